The molecule has 1 amide bonds. The van der Waals surface area contributed by atoms with E-state index in [1.165, 1.54) is 0 Å². The normalized spacial score (nSPS) is 11.2. The number of rotatable bonds is 5. The Labute approximate surface area is 120 Å². The minimum atomic E-state index is -0.563. The van der Waals surface area contributed by atoms with Gasteiger partial charge >= 0.3 is 0 Å². The molecule has 0 aliphatic carbocycles. The average Bonchev–Trinajstić information content (AvgIpc) is 2.42. The van der Waals surface area contributed by atoms with E-state index in [-0.39, 0.29) is 17.4 Å². The molecule has 0 aromatic carbocycles. The molecule has 1 N–H and O–H groups in total. The molecule has 0 atom stereocenters. The molecule has 0 spiro atoms. The van der Waals surface area contributed by atoms with Crippen LogP contribution in [0.4, 0.5) is 0 Å². The van der Waals surface area contributed by atoms with Crippen molar-refractivity contribution < 1.29 is 9.59 Å². The lowest BCUT2D eigenvalue weighted by Gasteiger charge is -2.21. The maximum absolute atomic E-state index is 12.4. The number of Topliss-reactive ketones (excluding diaryl/α,β-unsaturated/α-hetero) is 1. The fourth-order valence-electron chi connectivity index (χ4n) is 1.70. The summed E-state index contributed by atoms with van der Waals surface area (Å²) in [5, 5.41) is 2.99. The largest absolute Gasteiger partial charge is 0.340 e. The molecule has 5 nitrogen and oxygen atoms in total. The Bertz CT molecular complexity index is 492. The van der Waals surface area contributed by atoms with Crippen molar-refractivity contribution in [3.05, 3.63) is 29.6 Å². The van der Waals surface area contributed by atoms with Crippen LogP contribution in [0.3, 0.4) is 0 Å². The monoisotopic (exact) mass is 277 g/mol. The molecule has 0 unspecified atom stereocenters. The molecule has 0 aliphatic heterocycles. The average molecular weight is 277 g/mol. The second kappa shape index (κ2) is 6.61. The second-order valence-corrected chi connectivity index (χ2v) is 5.81. The quantitative estimate of drug-likeness (QED) is 0.830. The van der Waals surface area contributed by atoms with E-state index < -0.39 is 5.41 Å². The lowest BCUT2D eigenvalue weighted by atomic mass is 9.87. The summed E-state index contributed by atoms with van der Waals surface area (Å²) >= 11 is 0. The van der Waals surface area contributed by atoms with Gasteiger partial charge in [0.15, 0.2) is 5.78 Å². The van der Waals surface area contributed by atoms with Crippen molar-refractivity contribution in [2.45, 2.75) is 20.8 Å². The summed E-state index contributed by atoms with van der Waals surface area (Å²) in [7, 11) is 3.55. The van der Waals surface area contributed by atoms with Gasteiger partial charge in [-0.25, -0.2) is 0 Å². The fourth-order valence-corrected chi connectivity index (χ4v) is 1.70. The predicted octanol–water partition coefficient (Wildman–Crippen LogP) is 1.60. The molecule has 0 saturated heterocycles. The van der Waals surface area contributed by atoms with E-state index >= 15 is 0 Å². The third-order valence-electron chi connectivity index (χ3n) is 2.98. The fraction of sp³-hybridized carbons (Fsp3) is 0.533. The zero-order valence-electron chi connectivity index (χ0n) is 12.9. The van der Waals surface area contributed by atoms with Gasteiger partial charge in [-0.15, -0.1) is 0 Å². The van der Waals surface area contributed by atoms with Gasteiger partial charge in [-0.2, -0.15) is 0 Å². The molecular weight excluding hydrogens is 254 g/mol. The third-order valence-corrected chi connectivity index (χ3v) is 2.98. The predicted molar refractivity (Wildman–Crippen MR) is 78.9 cm³/mol. The van der Waals surface area contributed by atoms with Crippen LogP contribution in [0.15, 0.2) is 18.3 Å². The first kappa shape index (κ1) is 16.3. The highest BCUT2D eigenvalue weighted by molar-refractivity contribution is 6.08. The summed E-state index contributed by atoms with van der Waals surface area (Å²) in [5.41, 5.74) is 0.0553. The van der Waals surface area contributed by atoms with Crippen molar-refractivity contribution in [1.29, 1.82) is 0 Å². The number of nitrogens with zero attached hydrogens (tertiary/aromatic N) is 2. The second-order valence-electron chi connectivity index (χ2n) is 5.81. The highest BCUT2D eigenvalue weighted by atomic mass is 16.2. The van der Waals surface area contributed by atoms with Gasteiger partial charge in [0, 0.05) is 31.7 Å². The number of ketones is 1. The van der Waals surface area contributed by atoms with Crippen molar-refractivity contribution >= 4 is 11.7 Å². The van der Waals surface area contributed by atoms with Gasteiger partial charge in [0.05, 0.1) is 5.56 Å². The highest BCUT2D eigenvalue weighted by Gasteiger charge is 2.28. The summed E-state index contributed by atoms with van der Waals surface area (Å²) in [5.74, 6) is -0.301. The van der Waals surface area contributed by atoms with Gasteiger partial charge in [0.2, 0.25) is 0 Å². The van der Waals surface area contributed by atoms with Crippen molar-refractivity contribution in [1.82, 2.24) is 15.2 Å². The topological polar surface area (TPSA) is 62.3 Å². The lowest BCUT2D eigenvalue weighted by molar-refractivity contribution is 0.0777. The third kappa shape index (κ3) is 3.87. The van der Waals surface area contributed by atoms with Crippen LogP contribution in [-0.2, 0) is 0 Å². The number of carbonyl (C=O) groups excluding carboxylic acids is 2. The number of hydrogen-bond acceptors (Lipinski definition) is 4. The van der Waals surface area contributed by atoms with E-state index in [1.807, 2.05) is 27.8 Å². The first-order chi connectivity index (χ1) is 9.29. The Kier molecular flexibility index (Phi) is 5.39. The van der Waals surface area contributed by atoms with E-state index in [2.05, 4.69) is 10.3 Å². The first-order valence-electron chi connectivity index (χ1n) is 6.69. The van der Waals surface area contributed by atoms with Crippen molar-refractivity contribution in [3.63, 3.8) is 0 Å². The molecule has 0 radical (unpaired) electrons. The molecule has 0 fully saturated rings. The molecular formula is C15H23N3O2. The summed E-state index contributed by atoms with van der Waals surface area (Å²) in [6.45, 7) is 6.74. The SMILES string of the molecule is CNCCN(C)C(=O)c1cccnc1C(=O)C(C)(C)C. The molecule has 0 bridgehead atoms. The Hall–Kier alpha value is -1.75. The molecule has 1 aromatic heterocycles. The lowest BCUT2D eigenvalue weighted by Crippen LogP contribution is -2.34. The van der Waals surface area contributed by atoms with Crippen LogP contribution < -0.4 is 5.32 Å². The minimum Gasteiger partial charge on any atom is -0.340 e. The van der Waals surface area contributed by atoms with Crippen LogP contribution in [0.25, 0.3) is 0 Å². The van der Waals surface area contributed by atoms with E-state index in [0.717, 1.165) is 0 Å². The summed E-state index contributed by atoms with van der Waals surface area (Å²) in [4.78, 5) is 30.5. The molecule has 0 saturated carbocycles. The van der Waals surface area contributed by atoms with Gasteiger partial charge < -0.3 is 10.2 Å². The highest BCUT2D eigenvalue weighted by Crippen LogP contribution is 2.22. The van der Waals surface area contributed by atoms with Crippen LogP contribution in [0, 0.1) is 5.41 Å². The molecule has 1 rings (SSSR count). The van der Waals surface area contributed by atoms with Crippen molar-refractivity contribution in [2.75, 3.05) is 27.2 Å². The molecule has 20 heavy (non-hydrogen) atoms. The minimum absolute atomic E-state index is 0.122. The first-order valence-corrected chi connectivity index (χ1v) is 6.69. The van der Waals surface area contributed by atoms with Gasteiger partial charge in [-0.1, -0.05) is 20.8 Å². The summed E-state index contributed by atoms with van der Waals surface area (Å²) in [6.07, 6.45) is 1.54. The maximum Gasteiger partial charge on any atom is 0.255 e. The molecule has 1 aromatic rings. The molecule has 0 aliphatic rings. The van der Waals surface area contributed by atoms with E-state index in [1.54, 1.807) is 30.3 Å². The van der Waals surface area contributed by atoms with Crippen LogP contribution in [0.5, 0.6) is 0 Å². The molecule has 5 heteroatoms. The van der Waals surface area contributed by atoms with Crippen LogP contribution >= 0.6 is 0 Å². The number of aromatic nitrogens is 1. The summed E-state index contributed by atoms with van der Waals surface area (Å²) in [6, 6.07) is 3.34. The van der Waals surface area contributed by atoms with E-state index in [4.69, 9.17) is 0 Å². The van der Waals surface area contributed by atoms with E-state index in [9.17, 15) is 9.59 Å². The van der Waals surface area contributed by atoms with E-state index in [0.29, 0.717) is 18.7 Å². The number of pyridine rings is 1. The zero-order chi connectivity index (χ0) is 15.3. The van der Waals surface area contributed by atoms with Crippen LogP contribution in [-0.4, -0.2) is 48.8 Å². The van der Waals surface area contributed by atoms with Crippen molar-refractivity contribution in [2.24, 2.45) is 5.41 Å². The maximum atomic E-state index is 12.4. The van der Waals surface area contributed by atoms with Gasteiger partial charge in [0.1, 0.15) is 5.69 Å². The number of likely N-dealkylation sites (N-methyl/N-ethyl adjacent to an activating group) is 2. The Balaban J connectivity index is 3.07. The molecule has 110 valence electrons. The van der Waals surface area contributed by atoms with Crippen molar-refractivity contribution in [3.8, 4) is 0 Å². The Morgan fingerprint density at radius 3 is 2.55 bits per heavy atom. The Morgan fingerprint density at radius 1 is 1.35 bits per heavy atom. The van der Waals surface area contributed by atoms with Gasteiger partial charge in [0.25, 0.3) is 5.91 Å². The number of hydrogen-bond donors (Lipinski definition) is 1. The number of amides is 1. The smallest absolute Gasteiger partial charge is 0.255 e. The van der Waals surface area contributed by atoms with Gasteiger partial charge in [-0.3, -0.25) is 14.6 Å². The zero-order valence-corrected chi connectivity index (χ0v) is 12.9. The summed E-state index contributed by atoms with van der Waals surface area (Å²) < 4.78 is 0. The van der Waals surface area contributed by atoms with Crippen LogP contribution in [0.1, 0.15) is 41.6 Å². The van der Waals surface area contributed by atoms with Gasteiger partial charge in [-0.05, 0) is 19.2 Å². The molecule has 1 heterocycles. The Morgan fingerprint density at radius 2 is 2.00 bits per heavy atom. The van der Waals surface area contributed by atoms with Crippen LogP contribution in [0.2, 0.25) is 0 Å². The number of nitrogens with one attached hydrogen (secondary N) is 1. The number of carbonyl (C=O) groups is 2. The standard InChI is InChI=1S/C15H23N3O2/c1-15(2,3)13(19)12-11(7-6-8-17-12)14(20)18(5)10-9-16-4/h6-8,16H,9-10H2,1-5H3.